The van der Waals surface area contributed by atoms with E-state index in [1.54, 1.807) is 37.0 Å². The van der Waals surface area contributed by atoms with Crippen LogP contribution in [0.25, 0.3) is 5.70 Å². The molecule has 148 valence electrons. The molecule has 0 radical (unpaired) electrons. The van der Waals surface area contributed by atoms with Gasteiger partial charge in [-0.2, -0.15) is 4.99 Å². The summed E-state index contributed by atoms with van der Waals surface area (Å²) in [5.41, 5.74) is 3.90. The number of fused-ring (bicyclic) bond motifs is 1. The van der Waals surface area contributed by atoms with Gasteiger partial charge in [-0.15, -0.1) is 5.84 Å². The minimum atomic E-state index is -0.276. The third kappa shape index (κ3) is 3.62. The number of rotatable bonds is 6. The standard InChI is InChI=1S/C22H20N7O/c23-29-15-19(26-14-21(29)27-22(28-29)20-5-3-11-30-20)17-8-6-16(7-9-17)12-24-13-18-4-1-2-10-25-18/h1-11,14-15,24H,12-13,23H2/q+1. The van der Waals surface area contributed by atoms with Crippen molar-refractivity contribution in [3.05, 3.63) is 95.8 Å². The Morgan fingerprint density at radius 2 is 1.90 bits per heavy atom. The number of nitrogens with one attached hydrogen (secondary N) is 1. The maximum absolute atomic E-state index is 6.43. The molecule has 2 aliphatic heterocycles. The fourth-order valence-electron chi connectivity index (χ4n) is 3.27. The molecule has 0 spiro atoms. The number of hydrogen-bond acceptors (Lipinski definition) is 7. The van der Waals surface area contributed by atoms with E-state index in [0.717, 1.165) is 30.0 Å². The molecular formula is C22H20N7O+. The van der Waals surface area contributed by atoms with Crippen LogP contribution < -0.4 is 11.2 Å². The Hall–Kier alpha value is -3.72. The number of pyridine rings is 1. The molecule has 8 heteroatoms. The lowest BCUT2D eigenvalue weighted by molar-refractivity contribution is -0.802. The van der Waals surface area contributed by atoms with Crippen molar-refractivity contribution in [2.75, 3.05) is 0 Å². The van der Waals surface area contributed by atoms with Crippen LogP contribution in [0.4, 0.5) is 0 Å². The number of aliphatic imine (C=N–C) groups is 2. The predicted molar refractivity (Wildman–Crippen MR) is 115 cm³/mol. The molecule has 30 heavy (non-hydrogen) atoms. The van der Waals surface area contributed by atoms with Crippen LogP contribution in [-0.4, -0.2) is 27.6 Å². The fraction of sp³-hybridized carbons (Fsp3) is 0.0909. The van der Waals surface area contributed by atoms with Crippen LogP contribution in [0.1, 0.15) is 22.6 Å². The van der Waals surface area contributed by atoms with Crippen LogP contribution >= 0.6 is 0 Å². The van der Waals surface area contributed by atoms with E-state index in [-0.39, 0.29) is 4.70 Å². The number of hydrogen-bond donors (Lipinski definition) is 2. The van der Waals surface area contributed by atoms with E-state index < -0.39 is 0 Å². The highest BCUT2D eigenvalue weighted by molar-refractivity contribution is 6.32. The maximum Gasteiger partial charge on any atom is 0.300 e. The highest BCUT2D eigenvalue weighted by Crippen LogP contribution is 2.26. The van der Waals surface area contributed by atoms with E-state index in [0.29, 0.717) is 17.4 Å². The zero-order valence-corrected chi connectivity index (χ0v) is 16.1. The maximum atomic E-state index is 6.43. The van der Waals surface area contributed by atoms with Gasteiger partial charge in [-0.3, -0.25) is 4.98 Å². The van der Waals surface area contributed by atoms with Gasteiger partial charge in [0.25, 0.3) is 11.7 Å². The van der Waals surface area contributed by atoms with Gasteiger partial charge in [0.15, 0.2) is 12.0 Å². The third-order valence-electron chi connectivity index (χ3n) is 4.84. The summed E-state index contributed by atoms with van der Waals surface area (Å²) in [5, 5.41) is 7.90. The summed E-state index contributed by atoms with van der Waals surface area (Å²) in [6.45, 7) is 1.48. The lowest BCUT2D eigenvalue weighted by Gasteiger charge is -2.19. The van der Waals surface area contributed by atoms with Crippen LogP contribution in [0, 0.1) is 0 Å². The van der Waals surface area contributed by atoms with Crippen LogP contribution in [0.15, 0.2) is 92.8 Å². The summed E-state index contributed by atoms with van der Waals surface area (Å²) >= 11 is 0. The summed E-state index contributed by atoms with van der Waals surface area (Å²) in [4.78, 5) is 13.3. The molecule has 0 saturated heterocycles. The second-order valence-corrected chi connectivity index (χ2v) is 7.00. The van der Waals surface area contributed by atoms with E-state index in [1.807, 2.05) is 30.3 Å². The smallest absolute Gasteiger partial charge is 0.300 e. The molecule has 4 heterocycles. The molecule has 0 saturated carbocycles. The van der Waals surface area contributed by atoms with E-state index in [9.17, 15) is 0 Å². The number of quaternary nitrogens is 1. The van der Waals surface area contributed by atoms with Crippen molar-refractivity contribution < 1.29 is 9.12 Å². The molecule has 1 atom stereocenters. The van der Waals surface area contributed by atoms with Gasteiger partial charge in [0.2, 0.25) is 0 Å². The minimum absolute atomic E-state index is 0.276. The van der Waals surface area contributed by atoms with Gasteiger partial charge < -0.3 is 9.73 Å². The Bertz CT molecular complexity index is 1160. The third-order valence-corrected chi connectivity index (χ3v) is 4.84. The van der Waals surface area contributed by atoms with Crippen molar-refractivity contribution in [3.63, 3.8) is 0 Å². The Kier molecular flexibility index (Phi) is 4.64. The normalized spacial score (nSPS) is 19.8. The molecule has 0 bridgehead atoms. The Morgan fingerprint density at radius 1 is 1.00 bits per heavy atom. The quantitative estimate of drug-likeness (QED) is 0.492. The summed E-state index contributed by atoms with van der Waals surface area (Å²) in [5.74, 6) is 8.00. The molecule has 2 aromatic heterocycles. The Labute approximate surface area is 173 Å². The van der Waals surface area contributed by atoms with Crippen molar-refractivity contribution >= 4 is 23.6 Å². The molecule has 8 nitrogen and oxygen atoms in total. The Balaban J connectivity index is 1.28. The molecular weight excluding hydrogens is 378 g/mol. The number of benzene rings is 1. The number of furan rings is 1. The SMILES string of the molecule is N[N+]12C=C(c3ccc(CNCc4ccccn4)cc3)N=CC1=NC(c1ccco1)=N2. The van der Waals surface area contributed by atoms with E-state index in [1.165, 1.54) is 5.56 Å². The predicted octanol–water partition coefficient (Wildman–Crippen LogP) is 2.81. The summed E-state index contributed by atoms with van der Waals surface area (Å²) in [6.07, 6.45) is 6.81. The van der Waals surface area contributed by atoms with Gasteiger partial charge in [-0.05, 0) is 39.6 Å². The lowest BCUT2D eigenvalue weighted by atomic mass is 10.1. The van der Waals surface area contributed by atoms with E-state index in [4.69, 9.17) is 10.3 Å². The number of nitrogens with two attached hydrogens (primary N) is 1. The zero-order chi connectivity index (χ0) is 20.4. The first kappa shape index (κ1) is 18.3. The summed E-state index contributed by atoms with van der Waals surface area (Å²) in [7, 11) is 0. The van der Waals surface area contributed by atoms with Crippen LogP contribution in [0.5, 0.6) is 0 Å². The molecule has 0 fully saturated rings. The second kappa shape index (κ2) is 7.60. The van der Waals surface area contributed by atoms with E-state index >= 15 is 0 Å². The molecule has 3 aromatic rings. The molecule has 3 N–H and O–H groups in total. The van der Waals surface area contributed by atoms with Crippen molar-refractivity contribution in [2.45, 2.75) is 13.1 Å². The number of aromatic nitrogens is 1. The summed E-state index contributed by atoms with van der Waals surface area (Å²) in [6, 6.07) is 17.7. The molecule has 0 aliphatic carbocycles. The van der Waals surface area contributed by atoms with Crippen LogP contribution in [0.2, 0.25) is 0 Å². The molecule has 1 unspecified atom stereocenters. The van der Waals surface area contributed by atoms with Crippen molar-refractivity contribution in [2.24, 2.45) is 20.9 Å². The highest BCUT2D eigenvalue weighted by atomic mass is 16.3. The second-order valence-electron chi connectivity index (χ2n) is 7.00. The fourth-order valence-corrected chi connectivity index (χ4v) is 3.27. The van der Waals surface area contributed by atoms with Gasteiger partial charge in [-0.1, -0.05) is 30.3 Å². The van der Waals surface area contributed by atoms with Crippen molar-refractivity contribution in [1.82, 2.24) is 10.3 Å². The molecule has 5 rings (SSSR count). The highest BCUT2D eigenvalue weighted by Gasteiger charge is 2.40. The van der Waals surface area contributed by atoms with E-state index in [2.05, 4.69) is 37.5 Å². The van der Waals surface area contributed by atoms with Crippen LogP contribution in [-0.2, 0) is 13.1 Å². The Morgan fingerprint density at radius 3 is 2.67 bits per heavy atom. The molecule has 0 amide bonds. The van der Waals surface area contributed by atoms with Gasteiger partial charge in [0.1, 0.15) is 11.9 Å². The van der Waals surface area contributed by atoms with Crippen LogP contribution in [0.3, 0.4) is 0 Å². The average Bonchev–Trinajstić information content (AvgIpc) is 3.42. The van der Waals surface area contributed by atoms with Crippen molar-refractivity contribution in [1.29, 1.82) is 0 Å². The lowest BCUT2D eigenvalue weighted by Crippen LogP contribution is -2.50. The van der Waals surface area contributed by atoms with Gasteiger partial charge in [0, 0.05) is 24.8 Å². The monoisotopic (exact) mass is 398 g/mol. The largest absolute Gasteiger partial charge is 0.461 e. The topological polar surface area (TPSA) is 101 Å². The first-order chi connectivity index (χ1) is 14.7. The first-order valence-corrected chi connectivity index (χ1v) is 9.57. The molecule has 2 aliphatic rings. The summed E-state index contributed by atoms with van der Waals surface area (Å²) < 4.78 is 5.10. The van der Waals surface area contributed by atoms with Gasteiger partial charge in [-0.25, -0.2) is 4.99 Å². The van der Waals surface area contributed by atoms with Gasteiger partial charge >= 0.3 is 0 Å². The number of amidine groups is 2. The zero-order valence-electron chi connectivity index (χ0n) is 16.1. The average molecular weight is 398 g/mol. The number of nitrogens with zero attached hydrogens (tertiary/aromatic N) is 5. The van der Waals surface area contributed by atoms with Crippen molar-refractivity contribution in [3.8, 4) is 0 Å². The van der Waals surface area contributed by atoms with Gasteiger partial charge in [0.05, 0.1) is 12.0 Å². The first-order valence-electron chi connectivity index (χ1n) is 9.57. The molecule has 1 aromatic carbocycles. The minimum Gasteiger partial charge on any atom is -0.461 e.